The molecule has 0 aromatic carbocycles. The fourth-order valence-electron chi connectivity index (χ4n) is 4.55. The van der Waals surface area contributed by atoms with Gasteiger partial charge in [-0.1, -0.05) is 13.8 Å². The highest BCUT2D eigenvalue weighted by Gasteiger charge is 2.42. The molecule has 3 nitrogen and oxygen atoms in total. The molecule has 1 saturated carbocycles. The van der Waals surface area contributed by atoms with E-state index in [-0.39, 0.29) is 0 Å². The Morgan fingerprint density at radius 1 is 1.21 bits per heavy atom. The van der Waals surface area contributed by atoms with E-state index in [1.807, 2.05) is 0 Å². The quantitative estimate of drug-likeness (QED) is 0.828. The van der Waals surface area contributed by atoms with Gasteiger partial charge < -0.3 is 5.73 Å². The van der Waals surface area contributed by atoms with Gasteiger partial charge in [0.15, 0.2) is 0 Å². The summed E-state index contributed by atoms with van der Waals surface area (Å²) in [6, 6.07) is 1.94. The standard InChI is InChI=1S/C16H31N3/c1-12-9-18-8-4-5-14(18)11-19(12)10-13-6-7-16(2,3)15(13)17/h12-15H,4-11,17H2,1-3H3. The molecule has 2 heterocycles. The minimum atomic E-state index is 0.350. The summed E-state index contributed by atoms with van der Waals surface area (Å²) in [4.78, 5) is 5.44. The summed E-state index contributed by atoms with van der Waals surface area (Å²) >= 11 is 0. The summed E-state index contributed by atoms with van der Waals surface area (Å²) < 4.78 is 0. The monoisotopic (exact) mass is 265 g/mol. The van der Waals surface area contributed by atoms with Gasteiger partial charge in [0.25, 0.3) is 0 Å². The summed E-state index contributed by atoms with van der Waals surface area (Å²) in [6.07, 6.45) is 5.44. The molecule has 0 aromatic rings. The van der Waals surface area contributed by atoms with Crippen molar-refractivity contribution in [2.75, 3.05) is 26.2 Å². The van der Waals surface area contributed by atoms with Gasteiger partial charge >= 0.3 is 0 Å². The van der Waals surface area contributed by atoms with Crippen molar-refractivity contribution in [3.8, 4) is 0 Å². The van der Waals surface area contributed by atoms with Crippen LogP contribution >= 0.6 is 0 Å². The highest BCUT2D eigenvalue weighted by Crippen LogP contribution is 2.40. The average molecular weight is 265 g/mol. The largest absolute Gasteiger partial charge is 0.327 e. The molecule has 110 valence electrons. The molecule has 19 heavy (non-hydrogen) atoms. The van der Waals surface area contributed by atoms with E-state index in [0.29, 0.717) is 23.4 Å². The Hall–Kier alpha value is -0.120. The van der Waals surface area contributed by atoms with Crippen molar-refractivity contribution in [2.45, 2.75) is 64.6 Å². The van der Waals surface area contributed by atoms with Crippen LogP contribution in [-0.2, 0) is 0 Å². The number of hydrogen-bond donors (Lipinski definition) is 1. The van der Waals surface area contributed by atoms with Crippen LogP contribution in [-0.4, -0.2) is 54.1 Å². The molecule has 1 aliphatic carbocycles. The van der Waals surface area contributed by atoms with E-state index >= 15 is 0 Å². The van der Waals surface area contributed by atoms with Crippen molar-refractivity contribution in [1.29, 1.82) is 0 Å². The molecule has 2 saturated heterocycles. The molecular formula is C16H31N3. The van der Waals surface area contributed by atoms with E-state index < -0.39 is 0 Å². The third-order valence-electron chi connectivity index (χ3n) is 6.11. The summed E-state index contributed by atoms with van der Waals surface area (Å²) in [5.74, 6) is 0.713. The van der Waals surface area contributed by atoms with Crippen molar-refractivity contribution >= 4 is 0 Å². The molecule has 0 radical (unpaired) electrons. The first-order valence-corrected chi connectivity index (χ1v) is 8.21. The van der Waals surface area contributed by atoms with E-state index in [1.54, 1.807) is 0 Å². The highest BCUT2D eigenvalue weighted by molar-refractivity contribution is 4.97. The lowest BCUT2D eigenvalue weighted by atomic mass is 9.85. The molecule has 4 atom stereocenters. The van der Waals surface area contributed by atoms with Crippen molar-refractivity contribution in [3.63, 3.8) is 0 Å². The fraction of sp³-hybridized carbons (Fsp3) is 1.00. The second-order valence-electron chi connectivity index (χ2n) is 7.91. The van der Waals surface area contributed by atoms with Crippen LogP contribution in [0, 0.1) is 11.3 Å². The highest BCUT2D eigenvalue weighted by atomic mass is 15.3. The van der Waals surface area contributed by atoms with Crippen molar-refractivity contribution < 1.29 is 0 Å². The maximum atomic E-state index is 6.49. The van der Waals surface area contributed by atoms with Gasteiger partial charge in [-0.25, -0.2) is 0 Å². The van der Waals surface area contributed by atoms with E-state index in [2.05, 4.69) is 30.6 Å². The third-order valence-corrected chi connectivity index (χ3v) is 6.11. The lowest BCUT2D eigenvalue weighted by molar-refractivity contribution is 0.0452. The number of rotatable bonds is 2. The fourth-order valence-corrected chi connectivity index (χ4v) is 4.55. The first-order valence-electron chi connectivity index (χ1n) is 8.21. The lowest BCUT2D eigenvalue weighted by Crippen LogP contribution is -2.56. The Morgan fingerprint density at radius 3 is 2.68 bits per heavy atom. The van der Waals surface area contributed by atoms with Crippen LogP contribution in [0.3, 0.4) is 0 Å². The number of fused-ring (bicyclic) bond motifs is 1. The van der Waals surface area contributed by atoms with Gasteiger partial charge in [-0.05, 0) is 50.5 Å². The zero-order valence-electron chi connectivity index (χ0n) is 12.9. The van der Waals surface area contributed by atoms with Crippen LogP contribution in [0.2, 0.25) is 0 Å². The average Bonchev–Trinajstić information content (AvgIpc) is 2.89. The van der Waals surface area contributed by atoms with Crippen molar-refractivity contribution in [2.24, 2.45) is 17.1 Å². The van der Waals surface area contributed by atoms with Gasteiger partial charge in [0, 0.05) is 37.8 Å². The molecule has 0 spiro atoms. The van der Waals surface area contributed by atoms with E-state index in [0.717, 1.165) is 6.04 Å². The minimum absolute atomic E-state index is 0.350. The van der Waals surface area contributed by atoms with Gasteiger partial charge in [-0.3, -0.25) is 9.80 Å². The van der Waals surface area contributed by atoms with Crippen molar-refractivity contribution in [3.05, 3.63) is 0 Å². The SMILES string of the molecule is CC1CN2CCCC2CN1CC1CCC(C)(C)C1N. The second-order valence-corrected chi connectivity index (χ2v) is 7.91. The molecule has 3 rings (SSSR count). The van der Waals surface area contributed by atoms with E-state index in [4.69, 9.17) is 5.73 Å². The van der Waals surface area contributed by atoms with E-state index in [9.17, 15) is 0 Å². The van der Waals surface area contributed by atoms with Crippen molar-refractivity contribution in [1.82, 2.24) is 9.80 Å². The summed E-state index contributed by atoms with van der Waals surface area (Å²) in [7, 11) is 0. The van der Waals surface area contributed by atoms with Crippen LogP contribution in [0.25, 0.3) is 0 Å². The van der Waals surface area contributed by atoms with Gasteiger partial charge in [0.2, 0.25) is 0 Å². The zero-order chi connectivity index (χ0) is 13.6. The Kier molecular flexibility index (Phi) is 3.65. The maximum Gasteiger partial charge on any atom is 0.0224 e. The molecule has 2 N–H and O–H groups in total. The van der Waals surface area contributed by atoms with Gasteiger partial charge in [-0.15, -0.1) is 0 Å². The van der Waals surface area contributed by atoms with Gasteiger partial charge in [0.05, 0.1) is 0 Å². The van der Waals surface area contributed by atoms with Crippen LogP contribution in [0.5, 0.6) is 0 Å². The summed E-state index contributed by atoms with van der Waals surface area (Å²) in [6.45, 7) is 12.2. The Balaban J connectivity index is 1.60. The predicted molar refractivity (Wildman–Crippen MR) is 80.1 cm³/mol. The molecule has 3 aliphatic rings. The Labute approximate surface area is 118 Å². The minimum Gasteiger partial charge on any atom is -0.327 e. The second kappa shape index (κ2) is 5.01. The normalized spacial score (nSPS) is 43.6. The molecule has 4 unspecified atom stereocenters. The molecule has 0 amide bonds. The Morgan fingerprint density at radius 2 is 2.00 bits per heavy atom. The maximum absolute atomic E-state index is 6.49. The predicted octanol–water partition coefficient (Wildman–Crippen LogP) is 1.92. The van der Waals surface area contributed by atoms with Crippen LogP contribution in [0.4, 0.5) is 0 Å². The first-order chi connectivity index (χ1) is 8.97. The molecule has 3 fully saturated rings. The number of piperazine rings is 1. The Bertz CT molecular complexity index is 328. The summed E-state index contributed by atoms with van der Waals surface area (Å²) in [5.41, 5.74) is 6.84. The number of hydrogen-bond acceptors (Lipinski definition) is 3. The smallest absolute Gasteiger partial charge is 0.0224 e. The number of nitrogens with two attached hydrogens (primary N) is 1. The molecule has 0 aromatic heterocycles. The van der Waals surface area contributed by atoms with Crippen LogP contribution in [0.15, 0.2) is 0 Å². The molecular weight excluding hydrogens is 234 g/mol. The van der Waals surface area contributed by atoms with Gasteiger partial charge in [0.1, 0.15) is 0 Å². The number of nitrogens with zero attached hydrogens (tertiary/aromatic N) is 2. The first kappa shape index (κ1) is 13.8. The van der Waals surface area contributed by atoms with Gasteiger partial charge in [-0.2, -0.15) is 0 Å². The third kappa shape index (κ3) is 2.57. The van der Waals surface area contributed by atoms with Crippen LogP contribution in [0.1, 0.15) is 46.5 Å². The van der Waals surface area contributed by atoms with Crippen LogP contribution < -0.4 is 5.73 Å². The summed E-state index contributed by atoms with van der Waals surface area (Å²) in [5, 5.41) is 0. The zero-order valence-corrected chi connectivity index (χ0v) is 12.9. The van der Waals surface area contributed by atoms with E-state index in [1.165, 1.54) is 51.9 Å². The molecule has 3 heteroatoms. The molecule has 2 aliphatic heterocycles. The lowest BCUT2D eigenvalue weighted by Gasteiger charge is -2.44. The molecule has 0 bridgehead atoms. The topological polar surface area (TPSA) is 32.5 Å².